The Morgan fingerprint density at radius 1 is 0.879 bits per heavy atom. The summed E-state index contributed by atoms with van der Waals surface area (Å²) in [7, 11) is -1.40. The summed E-state index contributed by atoms with van der Waals surface area (Å²) in [6.45, 7) is 12.6. The number of likely N-dealkylation sites (N-methyl/N-ethyl adjacent to an activating group) is 2. The molecule has 0 aliphatic carbocycles. The molecule has 0 spiro atoms. The van der Waals surface area contributed by atoms with Crippen LogP contribution in [-0.2, 0) is 14.8 Å². The molecule has 0 saturated carbocycles. The van der Waals surface area contributed by atoms with E-state index in [9.17, 15) is 8.42 Å². The maximum atomic E-state index is 11.0. The zero-order valence-corrected chi connectivity index (χ0v) is 21.7. The molecule has 186 valence electrons. The van der Waals surface area contributed by atoms with E-state index in [-0.39, 0.29) is 0 Å². The largest absolute Gasteiger partial charge is 0.399 e. The van der Waals surface area contributed by atoms with E-state index in [0.717, 1.165) is 60.7 Å². The van der Waals surface area contributed by atoms with Crippen LogP contribution in [0.25, 0.3) is 0 Å². The molecule has 0 aliphatic heterocycles. The third-order valence-corrected chi connectivity index (χ3v) is 6.04. The SMILES string of the molecule is CCN(CCNS(C)(=O)=O)c1ccc(N)c(C)c1.CCN(CCOC)c1ccc(N)c(C)c1. The van der Waals surface area contributed by atoms with E-state index in [0.29, 0.717) is 13.1 Å². The van der Waals surface area contributed by atoms with Gasteiger partial charge in [0.25, 0.3) is 0 Å². The number of benzene rings is 2. The summed E-state index contributed by atoms with van der Waals surface area (Å²) < 4.78 is 29.6. The van der Waals surface area contributed by atoms with Crippen LogP contribution in [0, 0.1) is 13.8 Å². The van der Waals surface area contributed by atoms with Gasteiger partial charge in [0.05, 0.1) is 12.9 Å². The van der Waals surface area contributed by atoms with Gasteiger partial charge in [0.1, 0.15) is 0 Å². The number of sulfonamides is 1. The molecule has 0 bridgehead atoms. The number of aryl methyl sites for hydroxylation is 2. The quantitative estimate of drug-likeness (QED) is 0.425. The first-order chi connectivity index (χ1) is 15.5. The second kappa shape index (κ2) is 13.9. The Kier molecular flexibility index (Phi) is 12.0. The number of rotatable bonds is 11. The first-order valence-corrected chi connectivity index (χ1v) is 13.1. The van der Waals surface area contributed by atoms with E-state index < -0.39 is 10.0 Å². The molecule has 9 heteroatoms. The minimum absolute atomic E-state index is 0.399. The van der Waals surface area contributed by atoms with E-state index in [1.807, 2.05) is 45.0 Å². The van der Waals surface area contributed by atoms with Crippen molar-refractivity contribution in [1.82, 2.24) is 4.72 Å². The Balaban J connectivity index is 0.000000335. The molecule has 0 atom stereocenters. The van der Waals surface area contributed by atoms with Crippen molar-refractivity contribution in [3.63, 3.8) is 0 Å². The summed E-state index contributed by atoms with van der Waals surface area (Å²) in [4.78, 5) is 4.38. The van der Waals surface area contributed by atoms with Crippen LogP contribution in [0.5, 0.6) is 0 Å². The molecular weight excluding hydrogens is 438 g/mol. The van der Waals surface area contributed by atoms with E-state index in [2.05, 4.69) is 33.6 Å². The van der Waals surface area contributed by atoms with Gasteiger partial charge < -0.3 is 26.0 Å². The second-order valence-electron chi connectivity index (χ2n) is 7.90. The number of nitrogen functional groups attached to an aromatic ring is 2. The summed E-state index contributed by atoms with van der Waals surface area (Å²) in [6, 6.07) is 12.0. The van der Waals surface area contributed by atoms with Gasteiger partial charge >= 0.3 is 0 Å². The summed E-state index contributed by atoms with van der Waals surface area (Å²) in [6.07, 6.45) is 1.16. The molecule has 0 fully saturated rings. The molecule has 2 rings (SSSR count). The normalized spacial score (nSPS) is 11.0. The van der Waals surface area contributed by atoms with Gasteiger partial charge in [-0.15, -0.1) is 0 Å². The maximum Gasteiger partial charge on any atom is 0.208 e. The number of hydrogen-bond donors (Lipinski definition) is 3. The van der Waals surface area contributed by atoms with Gasteiger partial charge in [-0.3, -0.25) is 0 Å². The zero-order valence-electron chi connectivity index (χ0n) is 20.9. The number of methoxy groups -OCH3 is 1. The Morgan fingerprint density at radius 2 is 1.33 bits per heavy atom. The molecule has 0 aromatic heterocycles. The van der Waals surface area contributed by atoms with Gasteiger partial charge in [-0.1, -0.05) is 0 Å². The topological polar surface area (TPSA) is 114 Å². The third-order valence-electron chi connectivity index (χ3n) is 5.31. The highest BCUT2D eigenvalue weighted by Crippen LogP contribution is 2.21. The van der Waals surface area contributed by atoms with Crippen molar-refractivity contribution in [3.05, 3.63) is 47.5 Å². The van der Waals surface area contributed by atoms with Crippen molar-refractivity contribution in [2.24, 2.45) is 0 Å². The van der Waals surface area contributed by atoms with Crippen molar-refractivity contribution in [3.8, 4) is 0 Å². The summed E-state index contributed by atoms with van der Waals surface area (Å²) in [5, 5.41) is 0. The van der Waals surface area contributed by atoms with Crippen molar-refractivity contribution < 1.29 is 13.2 Å². The van der Waals surface area contributed by atoms with Gasteiger partial charge in [0.15, 0.2) is 0 Å². The monoisotopic (exact) mass is 479 g/mol. The Labute approximate surface area is 199 Å². The van der Waals surface area contributed by atoms with Crippen LogP contribution in [0.2, 0.25) is 0 Å². The predicted molar refractivity (Wildman–Crippen MR) is 142 cm³/mol. The van der Waals surface area contributed by atoms with Crippen molar-refractivity contribution in [1.29, 1.82) is 0 Å². The van der Waals surface area contributed by atoms with Crippen molar-refractivity contribution in [2.45, 2.75) is 27.7 Å². The van der Waals surface area contributed by atoms with Crippen LogP contribution in [0.4, 0.5) is 22.7 Å². The molecule has 2 aromatic rings. The van der Waals surface area contributed by atoms with E-state index in [4.69, 9.17) is 16.2 Å². The smallest absolute Gasteiger partial charge is 0.208 e. The van der Waals surface area contributed by atoms with Gasteiger partial charge in [-0.2, -0.15) is 0 Å². The van der Waals surface area contributed by atoms with E-state index in [1.165, 1.54) is 5.69 Å². The van der Waals surface area contributed by atoms with Gasteiger partial charge in [-0.25, -0.2) is 13.1 Å². The summed E-state index contributed by atoms with van der Waals surface area (Å²) in [5.41, 5.74) is 17.6. The first kappa shape index (κ1) is 28.5. The first-order valence-electron chi connectivity index (χ1n) is 11.2. The maximum absolute atomic E-state index is 11.0. The predicted octanol–water partition coefficient (Wildman–Crippen LogP) is 3.00. The lowest BCUT2D eigenvalue weighted by Gasteiger charge is -2.23. The molecular formula is C24H41N5O3S. The zero-order chi connectivity index (χ0) is 25.0. The fourth-order valence-electron chi connectivity index (χ4n) is 3.22. The third kappa shape index (κ3) is 10.3. The van der Waals surface area contributed by atoms with Crippen LogP contribution < -0.4 is 26.0 Å². The van der Waals surface area contributed by atoms with Crippen LogP contribution in [0.1, 0.15) is 25.0 Å². The molecule has 0 radical (unpaired) electrons. The molecule has 33 heavy (non-hydrogen) atoms. The Hall–Kier alpha value is -2.49. The van der Waals surface area contributed by atoms with Crippen LogP contribution in [0.3, 0.4) is 0 Å². The second-order valence-corrected chi connectivity index (χ2v) is 9.73. The molecule has 0 heterocycles. The highest BCUT2D eigenvalue weighted by atomic mass is 32.2. The average molecular weight is 480 g/mol. The molecule has 0 aliphatic rings. The lowest BCUT2D eigenvalue weighted by molar-refractivity contribution is 0.205. The molecule has 5 N–H and O–H groups in total. The fraction of sp³-hybridized carbons (Fsp3) is 0.500. The number of ether oxygens (including phenoxy) is 1. The lowest BCUT2D eigenvalue weighted by atomic mass is 10.1. The molecule has 0 amide bonds. The average Bonchev–Trinajstić information content (AvgIpc) is 2.76. The van der Waals surface area contributed by atoms with Crippen molar-refractivity contribution >= 4 is 32.8 Å². The minimum atomic E-state index is -3.12. The molecule has 0 unspecified atom stereocenters. The van der Waals surface area contributed by atoms with E-state index in [1.54, 1.807) is 7.11 Å². The Morgan fingerprint density at radius 3 is 1.70 bits per heavy atom. The lowest BCUT2D eigenvalue weighted by Crippen LogP contribution is -2.34. The van der Waals surface area contributed by atoms with Gasteiger partial charge in [-0.05, 0) is 75.2 Å². The summed E-state index contributed by atoms with van der Waals surface area (Å²) >= 11 is 0. The Bertz CT molecular complexity index is 967. The number of nitrogens with zero attached hydrogens (tertiary/aromatic N) is 2. The highest BCUT2D eigenvalue weighted by Gasteiger charge is 2.07. The van der Waals surface area contributed by atoms with Crippen LogP contribution in [0.15, 0.2) is 36.4 Å². The molecule has 0 saturated heterocycles. The minimum Gasteiger partial charge on any atom is -0.399 e. The van der Waals surface area contributed by atoms with Gasteiger partial charge in [0.2, 0.25) is 10.0 Å². The van der Waals surface area contributed by atoms with Crippen molar-refractivity contribution in [2.75, 3.05) is 74.0 Å². The molecule has 2 aromatic carbocycles. The number of hydrogen-bond acceptors (Lipinski definition) is 7. The molecule has 8 nitrogen and oxygen atoms in total. The summed E-state index contributed by atoms with van der Waals surface area (Å²) in [5.74, 6) is 0. The fourth-order valence-corrected chi connectivity index (χ4v) is 3.68. The van der Waals surface area contributed by atoms with Crippen LogP contribution >= 0.6 is 0 Å². The van der Waals surface area contributed by atoms with Crippen LogP contribution in [-0.4, -0.2) is 61.1 Å². The van der Waals surface area contributed by atoms with E-state index >= 15 is 0 Å². The number of nitrogens with one attached hydrogen (secondary N) is 1. The van der Waals surface area contributed by atoms with Gasteiger partial charge in [0, 0.05) is 62.6 Å². The number of nitrogens with two attached hydrogens (primary N) is 2. The highest BCUT2D eigenvalue weighted by molar-refractivity contribution is 7.88. The standard InChI is InChI=1S/C12H21N3O2S.C12H20N2O/c1-4-15(8-7-14-18(3,16)17)11-5-6-12(13)10(2)9-11;1-4-14(7-8-15-3)11-5-6-12(13)10(2)9-11/h5-6,9,14H,4,7-8,13H2,1-3H3;5-6,9H,4,7-8,13H2,1-3H3. The number of anilines is 4.